The van der Waals surface area contributed by atoms with E-state index in [1.54, 1.807) is 7.11 Å². The summed E-state index contributed by atoms with van der Waals surface area (Å²) >= 11 is 2.04. The Morgan fingerprint density at radius 1 is 1.56 bits per heavy atom. The fraction of sp³-hybridized carbons (Fsp3) is 0.727. The minimum atomic E-state index is 0.604. The highest BCUT2D eigenvalue weighted by Crippen LogP contribution is 2.19. The number of methoxy groups -OCH3 is 1. The summed E-state index contributed by atoms with van der Waals surface area (Å²) < 4.78 is 6.94. The van der Waals surface area contributed by atoms with Gasteiger partial charge in [0.25, 0.3) is 0 Å². The number of nitrogens with zero attached hydrogens (tertiary/aromatic N) is 2. The lowest BCUT2D eigenvalue weighted by molar-refractivity contribution is 0.183. The molecule has 2 rings (SSSR count). The Morgan fingerprint density at radius 2 is 2.38 bits per heavy atom. The Hall–Kier alpha value is -0.680. The molecule has 2 heterocycles. The largest absolute Gasteiger partial charge is 0.383 e. The Balaban J connectivity index is 1.81. The van der Waals surface area contributed by atoms with E-state index >= 15 is 0 Å². The first-order chi connectivity index (χ1) is 7.88. The van der Waals surface area contributed by atoms with E-state index in [0.29, 0.717) is 12.6 Å². The molecule has 0 aromatic carbocycles. The molecular formula is C11H19N3OS. The maximum absolute atomic E-state index is 5.02. The molecule has 0 radical (unpaired) electrons. The minimum absolute atomic E-state index is 0.604. The maximum Gasteiger partial charge on any atom is 0.148 e. The summed E-state index contributed by atoms with van der Waals surface area (Å²) in [4.78, 5) is 0. The zero-order chi connectivity index (χ0) is 11.2. The molecule has 1 aromatic rings. The zero-order valence-corrected chi connectivity index (χ0v) is 10.5. The third-order valence-electron chi connectivity index (χ3n) is 2.74. The van der Waals surface area contributed by atoms with Gasteiger partial charge in [-0.05, 0) is 24.3 Å². The van der Waals surface area contributed by atoms with Crippen LogP contribution in [0, 0.1) is 0 Å². The van der Waals surface area contributed by atoms with E-state index in [9.17, 15) is 0 Å². The van der Waals surface area contributed by atoms with E-state index in [0.717, 1.165) is 12.4 Å². The van der Waals surface area contributed by atoms with E-state index in [2.05, 4.69) is 10.4 Å². The third-order valence-corrected chi connectivity index (χ3v) is 3.79. The lowest BCUT2D eigenvalue weighted by atomic mass is 10.1. The van der Waals surface area contributed by atoms with Gasteiger partial charge in [0.2, 0.25) is 0 Å². The predicted molar refractivity (Wildman–Crippen MR) is 68.1 cm³/mol. The molecule has 5 heteroatoms. The van der Waals surface area contributed by atoms with Crippen LogP contribution in [0.2, 0.25) is 0 Å². The number of anilines is 1. The molecule has 4 nitrogen and oxygen atoms in total. The van der Waals surface area contributed by atoms with Gasteiger partial charge in [-0.1, -0.05) is 0 Å². The van der Waals surface area contributed by atoms with Crippen molar-refractivity contribution in [1.29, 1.82) is 0 Å². The Labute approximate surface area is 101 Å². The monoisotopic (exact) mass is 241 g/mol. The molecule has 16 heavy (non-hydrogen) atoms. The van der Waals surface area contributed by atoms with Crippen molar-refractivity contribution in [1.82, 2.24) is 9.78 Å². The molecule has 0 spiro atoms. The lowest BCUT2D eigenvalue weighted by Crippen LogP contribution is -2.24. The van der Waals surface area contributed by atoms with Crippen molar-refractivity contribution >= 4 is 17.6 Å². The number of aromatic nitrogens is 2. The second-order valence-corrected chi connectivity index (χ2v) is 5.21. The molecule has 0 bridgehead atoms. The van der Waals surface area contributed by atoms with E-state index < -0.39 is 0 Å². The average Bonchev–Trinajstić information content (AvgIpc) is 2.75. The van der Waals surface area contributed by atoms with Crippen LogP contribution in [0.4, 0.5) is 5.82 Å². The van der Waals surface area contributed by atoms with Crippen LogP contribution in [0.3, 0.4) is 0 Å². The molecule has 1 aromatic heterocycles. The van der Waals surface area contributed by atoms with E-state index in [1.807, 2.05) is 28.7 Å². The third kappa shape index (κ3) is 3.42. The Bertz CT molecular complexity index is 310. The zero-order valence-electron chi connectivity index (χ0n) is 9.69. The SMILES string of the molecule is COCCn1ccc(NC2CCSCC2)n1. The van der Waals surface area contributed by atoms with Crippen molar-refractivity contribution < 1.29 is 4.74 Å². The van der Waals surface area contributed by atoms with Gasteiger partial charge in [0.05, 0.1) is 13.2 Å². The molecule has 0 aliphatic carbocycles. The number of rotatable bonds is 5. The second-order valence-electron chi connectivity index (χ2n) is 3.99. The smallest absolute Gasteiger partial charge is 0.148 e. The molecule has 0 unspecified atom stereocenters. The molecule has 1 aliphatic heterocycles. The summed E-state index contributed by atoms with van der Waals surface area (Å²) in [5.41, 5.74) is 0. The molecule has 0 atom stereocenters. The quantitative estimate of drug-likeness (QED) is 0.854. The van der Waals surface area contributed by atoms with Crippen molar-refractivity contribution in [2.45, 2.75) is 25.4 Å². The van der Waals surface area contributed by atoms with Crippen LogP contribution in [0.5, 0.6) is 0 Å². The van der Waals surface area contributed by atoms with Crippen molar-refractivity contribution in [3.05, 3.63) is 12.3 Å². The Morgan fingerprint density at radius 3 is 3.12 bits per heavy atom. The highest BCUT2D eigenvalue weighted by molar-refractivity contribution is 7.99. The first kappa shape index (κ1) is 11.8. The number of hydrogen-bond donors (Lipinski definition) is 1. The predicted octanol–water partition coefficient (Wildman–Crippen LogP) is 1.84. The van der Waals surface area contributed by atoms with E-state index in [1.165, 1.54) is 24.3 Å². The van der Waals surface area contributed by atoms with Gasteiger partial charge >= 0.3 is 0 Å². The number of thioether (sulfide) groups is 1. The normalized spacial score (nSPS) is 17.6. The summed E-state index contributed by atoms with van der Waals surface area (Å²) in [6.07, 6.45) is 4.49. The van der Waals surface area contributed by atoms with Gasteiger partial charge in [0.15, 0.2) is 0 Å². The van der Waals surface area contributed by atoms with Gasteiger partial charge in [-0.15, -0.1) is 0 Å². The summed E-state index contributed by atoms with van der Waals surface area (Å²) in [6.45, 7) is 1.53. The molecule has 0 saturated carbocycles. The summed E-state index contributed by atoms with van der Waals surface area (Å²) in [5, 5.41) is 7.95. The van der Waals surface area contributed by atoms with Gasteiger partial charge in [0, 0.05) is 25.4 Å². The van der Waals surface area contributed by atoms with Crippen molar-refractivity contribution in [3.8, 4) is 0 Å². The van der Waals surface area contributed by atoms with Crippen LogP contribution in [-0.4, -0.2) is 41.0 Å². The first-order valence-corrected chi connectivity index (χ1v) is 6.90. The van der Waals surface area contributed by atoms with Gasteiger partial charge in [-0.25, -0.2) is 0 Å². The summed E-state index contributed by atoms with van der Waals surface area (Å²) in [5.74, 6) is 3.53. The molecule has 90 valence electrons. The van der Waals surface area contributed by atoms with Gasteiger partial charge in [-0.2, -0.15) is 16.9 Å². The van der Waals surface area contributed by atoms with Crippen molar-refractivity contribution in [3.63, 3.8) is 0 Å². The van der Waals surface area contributed by atoms with Crippen LogP contribution in [0.25, 0.3) is 0 Å². The second kappa shape index (κ2) is 6.15. The van der Waals surface area contributed by atoms with Crippen LogP contribution in [-0.2, 0) is 11.3 Å². The molecular weight excluding hydrogens is 222 g/mol. The highest BCUT2D eigenvalue weighted by Gasteiger charge is 2.13. The Kier molecular flexibility index (Phi) is 4.54. The lowest BCUT2D eigenvalue weighted by Gasteiger charge is -2.22. The maximum atomic E-state index is 5.02. The fourth-order valence-electron chi connectivity index (χ4n) is 1.80. The fourth-order valence-corrected chi connectivity index (χ4v) is 2.91. The molecule has 1 saturated heterocycles. The highest BCUT2D eigenvalue weighted by atomic mass is 32.2. The standard InChI is InChI=1S/C11H19N3OS/c1-15-7-6-14-5-2-11(13-14)12-10-3-8-16-9-4-10/h2,5,10H,3-4,6-9H2,1H3,(H,12,13). The van der Waals surface area contributed by atoms with Crippen LogP contribution in [0.1, 0.15) is 12.8 Å². The van der Waals surface area contributed by atoms with Crippen molar-refractivity contribution in [2.75, 3.05) is 30.5 Å². The van der Waals surface area contributed by atoms with Gasteiger partial charge < -0.3 is 10.1 Å². The number of ether oxygens (including phenoxy) is 1. The van der Waals surface area contributed by atoms with Gasteiger partial charge in [-0.3, -0.25) is 4.68 Å². The van der Waals surface area contributed by atoms with E-state index in [-0.39, 0.29) is 0 Å². The summed E-state index contributed by atoms with van der Waals surface area (Å²) in [7, 11) is 1.71. The van der Waals surface area contributed by atoms with Crippen LogP contribution in [0.15, 0.2) is 12.3 Å². The summed E-state index contributed by atoms with van der Waals surface area (Å²) in [6, 6.07) is 2.64. The average molecular weight is 241 g/mol. The minimum Gasteiger partial charge on any atom is -0.383 e. The van der Waals surface area contributed by atoms with E-state index in [4.69, 9.17) is 4.74 Å². The van der Waals surface area contributed by atoms with Crippen molar-refractivity contribution in [2.24, 2.45) is 0 Å². The first-order valence-electron chi connectivity index (χ1n) is 5.75. The topological polar surface area (TPSA) is 39.1 Å². The number of nitrogens with one attached hydrogen (secondary N) is 1. The molecule has 0 amide bonds. The number of hydrogen-bond acceptors (Lipinski definition) is 4. The molecule has 1 N–H and O–H groups in total. The molecule has 1 fully saturated rings. The van der Waals surface area contributed by atoms with Gasteiger partial charge in [0.1, 0.15) is 5.82 Å². The van der Waals surface area contributed by atoms with Crippen LogP contribution >= 0.6 is 11.8 Å². The molecule has 1 aliphatic rings. The van der Waals surface area contributed by atoms with Crippen LogP contribution < -0.4 is 5.32 Å².